The summed E-state index contributed by atoms with van der Waals surface area (Å²) in [6.45, 7) is 2.71. The van der Waals surface area contributed by atoms with E-state index in [0.717, 1.165) is 4.57 Å². The van der Waals surface area contributed by atoms with E-state index in [4.69, 9.17) is 31.5 Å². The molecule has 0 aromatic carbocycles. The van der Waals surface area contributed by atoms with E-state index in [1.807, 2.05) is 0 Å². The van der Waals surface area contributed by atoms with E-state index in [1.165, 1.54) is 19.2 Å². The van der Waals surface area contributed by atoms with Gasteiger partial charge in [-0.1, -0.05) is 13.8 Å². The number of anilines is 1. The molecule has 1 saturated heterocycles. The molecule has 1 unspecified atom stereocenters. The molecule has 0 radical (unpaired) electrons. The van der Waals surface area contributed by atoms with Crippen LogP contribution in [0.4, 0.5) is 10.2 Å². The van der Waals surface area contributed by atoms with Gasteiger partial charge in [-0.25, -0.2) is 9.18 Å². The lowest BCUT2D eigenvalue weighted by atomic mass is 10.1. The molecule has 9 nitrogen and oxygen atoms in total. The highest BCUT2D eigenvalue weighted by Gasteiger charge is 2.91. The first-order valence-electron chi connectivity index (χ1n) is 8.41. The Kier molecular flexibility index (Phi) is 4.89. The average molecular weight is 404 g/mol. The number of alkyl halides is 2. The van der Waals surface area contributed by atoms with Gasteiger partial charge in [0.25, 0.3) is 0 Å². The van der Waals surface area contributed by atoms with Gasteiger partial charge in [-0.3, -0.25) is 14.2 Å². The summed E-state index contributed by atoms with van der Waals surface area (Å²) in [5.74, 6) is -1.28. The number of esters is 2. The predicted octanol–water partition coefficient (Wildman–Crippen LogP) is 0.697. The smallest absolute Gasteiger partial charge is 0.351 e. The lowest BCUT2D eigenvalue weighted by Gasteiger charge is -2.23. The molecule has 1 aromatic heterocycles. The van der Waals surface area contributed by atoms with Gasteiger partial charge in [-0.15, -0.1) is 11.6 Å². The number of rotatable bonds is 6. The Morgan fingerprint density at radius 3 is 2.67 bits per heavy atom. The number of ether oxygens (including phenoxy) is 3. The zero-order valence-corrected chi connectivity index (χ0v) is 15.4. The molecule has 0 bridgehead atoms. The summed E-state index contributed by atoms with van der Waals surface area (Å²) >= 11 is 6.25. The van der Waals surface area contributed by atoms with Gasteiger partial charge in [0.1, 0.15) is 17.8 Å². The minimum atomic E-state index is -1.99. The number of nitrogens with zero attached hydrogens (tertiary/aromatic N) is 2. The standard InChI is InChI=1S/C16H19ClFN3O6/c1-3-9(22)25-7-15-13(17)16(15,26-10(23)4-2)11(18)12(27-15)21-6-5-8(19)20-14(21)24/h5-6,11-13H,3-4,7H2,1-2H3,(H2,19,20,24)/t11-,12+,13?,15-,16+/m0/s1. The van der Waals surface area contributed by atoms with Gasteiger partial charge in [-0.05, 0) is 6.07 Å². The summed E-state index contributed by atoms with van der Waals surface area (Å²) in [4.78, 5) is 39.0. The topological polar surface area (TPSA) is 123 Å². The number of halogens is 2. The highest BCUT2D eigenvalue weighted by atomic mass is 35.5. The summed E-state index contributed by atoms with van der Waals surface area (Å²) in [6, 6.07) is 1.30. The third kappa shape index (κ3) is 2.78. The second-order valence-electron chi connectivity index (χ2n) is 6.34. The van der Waals surface area contributed by atoms with Crippen molar-refractivity contribution in [3.05, 3.63) is 22.7 Å². The molecular weight excluding hydrogens is 385 g/mol. The summed E-state index contributed by atoms with van der Waals surface area (Å²) in [5, 5.41) is -1.09. The summed E-state index contributed by atoms with van der Waals surface area (Å²) < 4.78 is 32.4. The molecule has 27 heavy (non-hydrogen) atoms. The maximum Gasteiger partial charge on any atom is 0.351 e. The largest absolute Gasteiger partial charge is 0.462 e. The first kappa shape index (κ1) is 19.6. The zero-order chi connectivity index (χ0) is 20.0. The van der Waals surface area contributed by atoms with Crippen molar-refractivity contribution >= 4 is 29.4 Å². The van der Waals surface area contributed by atoms with Crippen molar-refractivity contribution in [1.82, 2.24) is 9.55 Å². The molecule has 0 spiro atoms. The molecule has 3 rings (SSSR count). The van der Waals surface area contributed by atoms with Gasteiger partial charge in [-0.2, -0.15) is 4.98 Å². The number of nitrogens with two attached hydrogens (primary N) is 1. The van der Waals surface area contributed by atoms with Crippen LogP contribution in [0.2, 0.25) is 0 Å². The predicted molar refractivity (Wildman–Crippen MR) is 90.7 cm³/mol. The van der Waals surface area contributed by atoms with Crippen LogP contribution in [-0.4, -0.2) is 50.8 Å². The van der Waals surface area contributed by atoms with Crippen LogP contribution in [0.1, 0.15) is 32.9 Å². The highest BCUT2D eigenvalue weighted by Crippen LogP contribution is 2.68. The van der Waals surface area contributed by atoms with Crippen molar-refractivity contribution in [3.8, 4) is 0 Å². The Morgan fingerprint density at radius 2 is 2.07 bits per heavy atom. The molecule has 2 heterocycles. The van der Waals surface area contributed by atoms with E-state index >= 15 is 4.39 Å². The zero-order valence-electron chi connectivity index (χ0n) is 14.7. The van der Waals surface area contributed by atoms with Crippen molar-refractivity contribution in [2.24, 2.45) is 0 Å². The second-order valence-corrected chi connectivity index (χ2v) is 6.78. The minimum absolute atomic E-state index is 0.0169. The van der Waals surface area contributed by atoms with E-state index < -0.39 is 53.2 Å². The van der Waals surface area contributed by atoms with Crippen LogP contribution >= 0.6 is 11.6 Å². The SMILES string of the molecule is CCC(=O)OC[C@@]12O[C@@H](n3ccc(N)nc3=O)[C@H](F)[C@@]1(OC(=O)CC)C2Cl. The van der Waals surface area contributed by atoms with Gasteiger partial charge in [0.15, 0.2) is 18.0 Å². The molecule has 2 N–H and O–H groups in total. The van der Waals surface area contributed by atoms with E-state index in [-0.39, 0.29) is 18.7 Å². The Bertz CT molecular complexity index is 835. The molecule has 1 saturated carbocycles. The fourth-order valence-corrected chi connectivity index (χ4v) is 3.82. The molecule has 2 fully saturated rings. The number of carbonyl (C=O) groups is 2. The van der Waals surface area contributed by atoms with Gasteiger partial charge in [0.05, 0.1) is 0 Å². The first-order chi connectivity index (χ1) is 12.7. The fraction of sp³-hybridized carbons (Fsp3) is 0.625. The number of fused-ring (bicyclic) bond motifs is 1. The lowest BCUT2D eigenvalue weighted by Crippen LogP contribution is -2.40. The fourth-order valence-electron chi connectivity index (χ4n) is 3.25. The van der Waals surface area contributed by atoms with Gasteiger partial charge in [0.2, 0.25) is 5.60 Å². The highest BCUT2D eigenvalue weighted by molar-refractivity contribution is 6.26. The van der Waals surface area contributed by atoms with Crippen molar-refractivity contribution in [2.75, 3.05) is 12.3 Å². The van der Waals surface area contributed by atoms with Crippen molar-refractivity contribution < 1.29 is 28.2 Å². The van der Waals surface area contributed by atoms with E-state index in [2.05, 4.69) is 4.98 Å². The number of hydrogen-bond donors (Lipinski definition) is 1. The molecule has 1 aromatic rings. The molecular formula is C16H19ClFN3O6. The molecule has 1 aliphatic carbocycles. The van der Waals surface area contributed by atoms with Crippen molar-refractivity contribution in [1.29, 1.82) is 0 Å². The van der Waals surface area contributed by atoms with E-state index in [0.29, 0.717) is 0 Å². The van der Waals surface area contributed by atoms with Gasteiger partial charge < -0.3 is 19.9 Å². The van der Waals surface area contributed by atoms with Gasteiger partial charge >= 0.3 is 17.6 Å². The Labute approximate surface area is 158 Å². The number of hydrogen-bond acceptors (Lipinski definition) is 8. The van der Waals surface area contributed by atoms with Crippen LogP contribution < -0.4 is 11.4 Å². The molecule has 2 aliphatic rings. The summed E-state index contributed by atoms with van der Waals surface area (Å²) in [7, 11) is 0. The number of carbonyl (C=O) groups excluding carboxylic acids is 2. The molecule has 0 amide bonds. The Balaban J connectivity index is 1.97. The maximum absolute atomic E-state index is 15.4. The van der Waals surface area contributed by atoms with Crippen LogP contribution in [-0.2, 0) is 23.8 Å². The van der Waals surface area contributed by atoms with Crippen molar-refractivity contribution in [3.63, 3.8) is 0 Å². The van der Waals surface area contributed by atoms with Crippen molar-refractivity contribution in [2.45, 2.75) is 55.7 Å². The first-order valence-corrected chi connectivity index (χ1v) is 8.85. The van der Waals surface area contributed by atoms with Crippen LogP contribution in [0.5, 0.6) is 0 Å². The molecule has 5 atom stereocenters. The van der Waals surface area contributed by atoms with E-state index in [1.54, 1.807) is 6.92 Å². The third-order valence-electron chi connectivity index (χ3n) is 4.79. The van der Waals surface area contributed by atoms with Crippen LogP contribution in [0.3, 0.4) is 0 Å². The number of aromatic nitrogens is 2. The molecule has 148 valence electrons. The Morgan fingerprint density at radius 1 is 1.41 bits per heavy atom. The quantitative estimate of drug-likeness (QED) is 0.544. The van der Waals surface area contributed by atoms with Crippen LogP contribution in [0.15, 0.2) is 17.1 Å². The lowest BCUT2D eigenvalue weighted by molar-refractivity contribution is -0.159. The molecule has 11 heteroatoms. The maximum atomic E-state index is 15.4. The normalized spacial score (nSPS) is 34.0. The van der Waals surface area contributed by atoms with E-state index in [9.17, 15) is 14.4 Å². The average Bonchev–Trinajstić information content (AvgIpc) is 3.02. The monoisotopic (exact) mass is 403 g/mol. The summed E-state index contributed by atoms with van der Waals surface area (Å²) in [6.07, 6.45) is -2.16. The molecule has 1 aliphatic heterocycles. The second kappa shape index (κ2) is 6.75. The number of nitrogen functional groups attached to an aromatic ring is 1. The van der Waals surface area contributed by atoms with Gasteiger partial charge in [0, 0.05) is 19.0 Å². The minimum Gasteiger partial charge on any atom is -0.462 e. The Hall–Kier alpha value is -2.20. The van der Waals surface area contributed by atoms with Crippen LogP contribution in [0.25, 0.3) is 0 Å². The summed E-state index contributed by atoms with van der Waals surface area (Å²) in [5.41, 5.74) is 1.13. The third-order valence-corrected chi connectivity index (χ3v) is 5.47. The van der Waals surface area contributed by atoms with Crippen LogP contribution in [0, 0.1) is 0 Å².